The summed E-state index contributed by atoms with van der Waals surface area (Å²) in [6.07, 6.45) is 1.61. The van der Waals surface area contributed by atoms with Crippen LogP contribution in [0.4, 0.5) is 15.5 Å². The first kappa shape index (κ1) is 32.7. The summed E-state index contributed by atoms with van der Waals surface area (Å²) in [6.45, 7) is 14.1. The standard InChI is InChI=1S/C30H38N6O7S/c1-16-13-31-20(17(2)23(16)41-10)14-35-24-22-19(34-35)11-18(12-21(37)40-9)15-44-25(22)33-26(32-24)36(27(38)42-29(3,4)5)28(39)43-30(6,7)8/h11,13H,12,14-15H2,1-10H3. The van der Waals surface area contributed by atoms with E-state index in [4.69, 9.17) is 29.0 Å². The Morgan fingerprint density at radius 2 is 1.64 bits per heavy atom. The van der Waals surface area contributed by atoms with Crippen LogP contribution in [0.5, 0.6) is 5.75 Å². The van der Waals surface area contributed by atoms with Crippen LogP contribution in [0, 0.1) is 13.8 Å². The number of aromatic nitrogens is 5. The molecule has 4 heterocycles. The predicted molar refractivity (Wildman–Crippen MR) is 165 cm³/mol. The number of anilines is 1. The second-order valence-electron chi connectivity index (χ2n) is 12.3. The van der Waals surface area contributed by atoms with Crippen LogP contribution in [-0.4, -0.2) is 74.1 Å². The number of amides is 2. The summed E-state index contributed by atoms with van der Waals surface area (Å²) in [6, 6.07) is 0. The summed E-state index contributed by atoms with van der Waals surface area (Å²) < 4.78 is 23.2. The third-order valence-electron chi connectivity index (χ3n) is 6.31. The molecule has 3 aromatic rings. The lowest BCUT2D eigenvalue weighted by Crippen LogP contribution is -2.44. The van der Waals surface area contributed by atoms with Gasteiger partial charge in [-0.1, -0.05) is 0 Å². The molecule has 0 atom stereocenters. The van der Waals surface area contributed by atoms with Crippen molar-refractivity contribution in [2.24, 2.45) is 0 Å². The molecule has 0 saturated heterocycles. The maximum atomic E-state index is 13.4. The number of methoxy groups -OCH3 is 2. The molecule has 4 rings (SSSR count). The van der Waals surface area contributed by atoms with Crippen molar-refractivity contribution >= 4 is 53.0 Å². The van der Waals surface area contributed by atoms with E-state index < -0.39 is 29.4 Å². The molecule has 0 saturated carbocycles. The lowest BCUT2D eigenvalue weighted by atomic mass is 10.1. The number of hydrogen-bond acceptors (Lipinski definition) is 12. The SMILES string of the molecule is COC(=O)CC1=Cc2nn(Cc3ncc(C)c(OC)c3C)c3nc(N(C(=O)OC(C)(C)C)C(=O)OC(C)(C)C)nc(c23)SC1. The van der Waals surface area contributed by atoms with Crippen molar-refractivity contribution in [2.75, 3.05) is 24.9 Å². The molecule has 0 aliphatic carbocycles. The Labute approximate surface area is 260 Å². The maximum Gasteiger partial charge on any atom is 0.427 e. The fraction of sp³-hybridized carbons (Fsp3) is 0.500. The molecule has 0 bridgehead atoms. The average molecular weight is 627 g/mol. The number of carbonyl (C=O) groups excluding carboxylic acids is 3. The van der Waals surface area contributed by atoms with E-state index >= 15 is 0 Å². The molecule has 14 heteroatoms. The predicted octanol–water partition coefficient (Wildman–Crippen LogP) is 5.62. The number of nitrogens with zero attached hydrogens (tertiary/aromatic N) is 6. The van der Waals surface area contributed by atoms with E-state index in [1.165, 1.54) is 18.9 Å². The van der Waals surface area contributed by atoms with Gasteiger partial charge in [0.15, 0.2) is 5.65 Å². The molecule has 44 heavy (non-hydrogen) atoms. The quantitative estimate of drug-likeness (QED) is 0.190. The lowest BCUT2D eigenvalue weighted by Gasteiger charge is -2.27. The van der Waals surface area contributed by atoms with Crippen LogP contribution in [0.15, 0.2) is 16.8 Å². The number of ether oxygens (including phenoxy) is 4. The van der Waals surface area contributed by atoms with Crippen molar-refractivity contribution in [3.05, 3.63) is 34.3 Å². The molecule has 1 aliphatic heterocycles. The van der Waals surface area contributed by atoms with Crippen LogP contribution < -0.4 is 9.64 Å². The Hall–Kier alpha value is -4.20. The number of rotatable bonds is 6. The third kappa shape index (κ3) is 7.29. The highest BCUT2D eigenvalue weighted by Crippen LogP contribution is 2.37. The van der Waals surface area contributed by atoms with Gasteiger partial charge in [0, 0.05) is 23.1 Å². The summed E-state index contributed by atoms with van der Waals surface area (Å²) in [4.78, 5) is 53.7. The molecule has 0 aromatic carbocycles. The van der Waals surface area contributed by atoms with Gasteiger partial charge in [-0.25, -0.2) is 19.3 Å². The Bertz CT molecular complexity index is 1620. The first-order chi connectivity index (χ1) is 20.5. The van der Waals surface area contributed by atoms with Crippen molar-refractivity contribution in [1.82, 2.24) is 24.7 Å². The highest BCUT2D eigenvalue weighted by atomic mass is 32.2. The first-order valence-electron chi connectivity index (χ1n) is 13.9. The van der Waals surface area contributed by atoms with Crippen LogP contribution >= 0.6 is 11.8 Å². The van der Waals surface area contributed by atoms with E-state index in [9.17, 15) is 14.4 Å². The molecular weight excluding hydrogens is 588 g/mol. The molecule has 3 aromatic heterocycles. The van der Waals surface area contributed by atoms with Crippen molar-refractivity contribution in [3.63, 3.8) is 0 Å². The van der Waals surface area contributed by atoms with Crippen molar-refractivity contribution in [3.8, 4) is 5.75 Å². The molecule has 0 unspecified atom stereocenters. The number of esters is 1. The van der Waals surface area contributed by atoms with Crippen LogP contribution in [0.1, 0.15) is 70.5 Å². The Morgan fingerprint density at radius 1 is 1.00 bits per heavy atom. The summed E-state index contributed by atoms with van der Waals surface area (Å²) in [5.41, 5.74) is 2.21. The number of carbonyl (C=O) groups is 3. The number of thioether (sulfide) groups is 1. The fourth-order valence-electron chi connectivity index (χ4n) is 4.45. The summed E-state index contributed by atoms with van der Waals surface area (Å²) in [5, 5.41) is 5.89. The molecule has 0 spiro atoms. The second kappa shape index (κ2) is 12.4. The zero-order valence-corrected chi connectivity index (χ0v) is 27.5. The normalized spacial score (nSPS) is 13.2. The molecule has 2 amide bonds. The van der Waals surface area contributed by atoms with Gasteiger partial charge in [0.2, 0.25) is 5.95 Å². The van der Waals surface area contributed by atoms with Gasteiger partial charge >= 0.3 is 18.2 Å². The van der Waals surface area contributed by atoms with Crippen LogP contribution in [0.25, 0.3) is 17.1 Å². The largest absolute Gasteiger partial charge is 0.496 e. The number of imide groups is 1. The van der Waals surface area contributed by atoms with Crippen molar-refractivity contribution < 1.29 is 33.3 Å². The summed E-state index contributed by atoms with van der Waals surface area (Å²) in [7, 11) is 2.93. The minimum absolute atomic E-state index is 0.0594. The fourth-order valence-corrected chi connectivity index (χ4v) is 5.45. The topological polar surface area (TPSA) is 148 Å². The van der Waals surface area contributed by atoms with Gasteiger partial charge < -0.3 is 18.9 Å². The molecule has 1 aliphatic rings. The van der Waals surface area contributed by atoms with Crippen molar-refractivity contribution in [1.29, 1.82) is 0 Å². The monoisotopic (exact) mass is 626 g/mol. The van der Waals surface area contributed by atoms with E-state index in [0.29, 0.717) is 43.8 Å². The van der Waals surface area contributed by atoms with Crippen LogP contribution in [-0.2, 0) is 25.5 Å². The van der Waals surface area contributed by atoms with Gasteiger partial charge in [-0.05, 0) is 67.0 Å². The Kier molecular flexibility index (Phi) is 9.24. The zero-order chi connectivity index (χ0) is 32.6. The average Bonchev–Trinajstić information content (AvgIpc) is 3.13. The van der Waals surface area contributed by atoms with Gasteiger partial charge in [-0.3, -0.25) is 9.78 Å². The first-order valence-corrected chi connectivity index (χ1v) is 14.9. The number of aryl methyl sites for hydroxylation is 1. The molecule has 0 N–H and O–H groups in total. The lowest BCUT2D eigenvalue weighted by molar-refractivity contribution is -0.139. The van der Waals surface area contributed by atoms with Crippen LogP contribution in [0.2, 0.25) is 0 Å². The smallest absolute Gasteiger partial charge is 0.427 e. The van der Waals surface area contributed by atoms with Gasteiger partial charge in [-0.2, -0.15) is 10.1 Å². The van der Waals surface area contributed by atoms with Crippen molar-refractivity contribution in [2.45, 2.75) is 84.6 Å². The number of hydrogen-bond donors (Lipinski definition) is 0. The maximum absolute atomic E-state index is 13.4. The zero-order valence-electron chi connectivity index (χ0n) is 26.7. The van der Waals surface area contributed by atoms with E-state index in [1.54, 1.807) is 59.5 Å². The third-order valence-corrected chi connectivity index (χ3v) is 7.39. The highest BCUT2D eigenvalue weighted by Gasteiger charge is 2.36. The summed E-state index contributed by atoms with van der Waals surface area (Å²) in [5.74, 6) is 0.475. The molecule has 0 fully saturated rings. The Balaban J connectivity index is 1.93. The minimum Gasteiger partial charge on any atom is -0.496 e. The Morgan fingerprint density at radius 3 is 2.20 bits per heavy atom. The van der Waals surface area contributed by atoms with Gasteiger partial charge in [-0.15, -0.1) is 16.7 Å². The molecule has 236 valence electrons. The minimum atomic E-state index is -0.992. The molecular formula is C30H38N6O7S. The van der Waals surface area contributed by atoms with E-state index in [2.05, 4.69) is 9.97 Å². The van der Waals surface area contributed by atoms with Crippen LogP contribution in [0.3, 0.4) is 0 Å². The second-order valence-corrected chi connectivity index (χ2v) is 13.2. The van der Waals surface area contributed by atoms with E-state index in [1.807, 2.05) is 19.9 Å². The van der Waals surface area contributed by atoms with E-state index in [0.717, 1.165) is 16.7 Å². The van der Waals surface area contributed by atoms with Gasteiger partial charge in [0.25, 0.3) is 0 Å². The highest BCUT2D eigenvalue weighted by molar-refractivity contribution is 7.99. The van der Waals surface area contributed by atoms with E-state index in [-0.39, 0.29) is 18.9 Å². The summed E-state index contributed by atoms with van der Waals surface area (Å²) >= 11 is 1.33. The van der Waals surface area contributed by atoms with Gasteiger partial charge in [0.1, 0.15) is 22.0 Å². The number of pyridine rings is 1. The van der Waals surface area contributed by atoms with Gasteiger partial charge in [0.05, 0.1) is 44.0 Å². The molecule has 13 nitrogen and oxygen atoms in total. The molecule has 0 radical (unpaired) electrons.